The highest BCUT2D eigenvalue weighted by atomic mass is 16.5. The molecule has 1 aliphatic heterocycles. The van der Waals surface area contributed by atoms with Gasteiger partial charge in [-0.15, -0.1) is 0 Å². The van der Waals surface area contributed by atoms with Crippen molar-refractivity contribution < 1.29 is 4.74 Å². The summed E-state index contributed by atoms with van der Waals surface area (Å²) in [6.07, 6.45) is 2.48. The molecule has 12 heavy (non-hydrogen) atoms. The molecule has 2 rings (SSSR count). The summed E-state index contributed by atoms with van der Waals surface area (Å²) in [4.78, 5) is 0. The summed E-state index contributed by atoms with van der Waals surface area (Å²) >= 11 is 0. The van der Waals surface area contributed by atoms with E-state index < -0.39 is 0 Å². The van der Waals surface area contributed by atoms with Gasteiger partial charge < -0.3 is 10.1 Å². The van der Waals surface area contributed by atoms with Gasteiger partial charge in [0.15, 0.2) is 0 Å². The molecule has 1 heterocycles. The minimum Gasteiger partial charge on any atom is -0.366 e. The first-order valence-electron chi connectivity index (χ1n) is 4.92. The third-order valence-corrected chi connectivity index (χ3v) is 2.93. The van der Waals surface area contributed by atoms with Gasteiger partial charge in [0.2, 0.25) is 0 Å². The van der Waals surface area contributed by atoms with Crippen molar-refractivity contribution in [1.29, 1.82) is 0 Å². The number of hydrogen-bond donors (Lipinski definition) is 1. The van der Waals surface area contributed by atoms with Crippen molar-refractivity contribution in [2.45, 2.75) is 44.8 Å². The van der Waals surface area contributed by atoms with Gasteiger partial charge in [0.1, 0.15) is 0 Å². The molecule has 2 aliphatic rings. The van der Waals surface area contributed by atoms with Crippen LogP contribution >= 0.6 is 0 Å². The van der Waals surface area contributed by atoms with E-state index in [9.17, 15) is 0 Å². The first-order valence-corrected chi connectivity index (χ1v) is 4.92. The van der Waals surface area contributed by atoms with Gasteiger partial charge >= 0.3 is 0 Å². The fourth-order valence-electron chi connectivity index (χ4n) is 2.69. The van der Waals surface area contributed by atoms with Crippen LogP contribution in [-0.2, 0) is 4.74 Å². The molecule has 0 atom stereocenters. The summed E-state index contributed by atoms with van der Waals surface area (Å²) in [5, 5.41) is 3.46. The fourth-order valence-corrected chi connectivity index (χ4v) is 2.69. The highest BCUT2D eigenvalue weighted by molar-refractivity contribution is 5.01. The summed E-state index contributed by atoms with van der Waals surface area (Å²) in [5.74, 6) is 0.862. The number of hydrogen-bond acceptors (Lipinski definition) is 2. The lowest BCUT2D eigenvalue weighted by atomic mass is 9.70. The van der Waals surface area contributed by atoms with E-state index in [0.717, 1.165) is 19.0 Å². The van der Waals surface area contributed by atoms with Crippen molar-refractivity contribution >= 4 is 0 Å². The quantitative estimate of drug-likeness (QED) is 0.594. The van der Waals surface area contributed by atoms with Crippen LogP contribution in [0, 0.1) is 5.92 Å². The summed E-state index contributed by atoms with van der Waals surface area (Å²) in [6, 6.07) is 0. The van der Waals surface area contributed by atoms with Crippen LogP contribution in [0.15, 0.2) is 0 Å². The fraction of sp³-hybridized carbons (Fsp3) is 1.00. The Hall–Kier alpha value is -0.0800. The van der Waals surface area contributed by atoms with Gasteiger partial charge in [-0.2, -0.15) is 0 Å². The third kappa shape index (κ3) is 1.38. The van der Waals surface area contributed by atoms with Crippen molar-refractivity contribution in [2.24, 2.45) is 5.92 Å². The van der Waals surface area contributed by atoms with Crippen LogP contribution in [0.2, 0.25) is 0 Å². The van der Waals surface area contributed by atoms with E-state index in [1.54, 1.807) is 0 Å². The molecule has 0 radical (unpaired) electrons. The number of morpholine rings is 1. The predicted octanol–water partition coefficient (Wildman–Crippen LogP) is 1.55. The largest absolute Gasteiger partial charge is 0.366 e. The molecule has 2 nitrogen and oxygen atoms in total. The zero-order valence-corrected chi connectivity index (χ0v) is 8.31. The first-order chi connectivity index (χ1) is 5.52. The van der Waals surface area contributed by atoms with Crippen LogP contribution in [0.4, 0.5) is 0 Å². The lowest BCUT2D eigenvalue weighted by Crippen LogP contribution is -2.63. The average molecular weight is 169 g/mol. The maximum atomic E-state index is 6.11. The second kappa shape index (κ2) is 2.46. The van der Waals surface area contributed by atoms with Crippen molar-refractivity contribution in [3.05, 3.63) is 0 Å². The van der Waals surface area contributed by atoms with Gasteiger partial charge in [0, 0.05) is 13.1 Å². The highest BCUT2D eigenvalue weighted by Gasteiger charge is 2.48. The topological polar surface area (TPSA) is 21.3 Å². The normalized spacial score (nSPS) is 45.8. The molecule has 0 aromatic heterocycles. The van der Waals surface area contributed by atoms with E-state index in [1.165, 1.54) is 12.8 Å². The van der Waals surface area contributed by atoms with Crippen molar-refractivity contribution in [1.82, 2.24) is 5.32 Å². The van der Waals surface area contributed by atoms with Crippen LogP contribution < -0.4 is 5.32 Å². The Kier molecular flexibility index (Phi) is 1.74. The van der Waals surface area contributed by atoms with Crippen LogP contribution in [0.3, 0.4) is 0 Å². The second-order valence-electron chi connectivity index (χ2n) is 5.16. The van der Waals surface area contributed by atoms with Crippen molar-refractivity contribution in [3.8, 4) is 0 Å². The molecule has 0 aromatic rings. The Bertz CT molecular complexity index is 177. The molecule has 2 fully saturated rings. The molecular formula is C10H19NO. The molecule has 0 amide bonds. The van der Waals surface area contributed by atoms with Gasteiger partial charge in [-0.3, -0.25) is 0 Å². The number of rotatable bonds is 0. The summed E-state index contributed by atoms with van der Waals surface area (Å²) < 4.78 is 6.11. The van der Waals surface area contributed by atoms with E-state index in [-0.39, 0.29) is 11.2 Å². The lowest BCUT2D eigenvalue weighted by molar-refractivity contribution is -0.210. The van der Waals surface area contributed by atoms with E-state index in [4.69, 9.17) is 4.74 Å². The van der Waals surface area contributed by atoms with Gasteiger partial charge in [-0.25, -0.2) is 0 Å². The second-order valence-corrected chi connectivity index (χ2v) is 5.16. The molecule has 0 aromatic carbocycles. The first kappa shape index (κ1) is 8.52. The molecule has 70 valence electrons. The molecule has 1 saturated heterocycles. The van der Waals surface area contributed by atoms with Gasteiger partial charge in [-0.1, -0.05) is 6.92 Å². The molecule has 1 N–H and O–H groups in total. The number of ether oxygens (including phenoxy) is 1. The SMILES string of the molecule is CC1CC2(CNCC(C)(C)O2)C1. The molecule has 2 heteroatoms. The van der Waals surface area contributed by atoms with Gasteiger partial charge in [0.05, 0.1) is 11.2 Å². The van der Waals surface area contributed by atoms with Crippen LogP contribution in [-0.4, -0.2) is 24.3 Å². The monoisotopic (exact) mass is 169 g/mol. The van der Waals surface area contributed by atoms with E-state index in [0.29, 0.717) is 0 Å². The Morgan fingerprint density at radius 3 is 2.42 bits per heavy atom. The molecule has 0 bridgehead atoms. The zero-order chi connectivity index (χ0) is 8.82. The summed E-state index contributed by atoms with van der Waals surface area (Å²) in [7, 11) is 0. The van der Waals surface area contributed by atoms with Gasteiger partial charge in [-0.05, 0) is 32.6 Å². The average Bonchev–Trinajstić information content (AvgIpc) is 1.81. The highest BCUT2D eigenvalue weighted by Crippen LogP contribution is 2.44. The standard InChI is InChI=1S/C10H19NO/c1-8-4-10(5-8)7-11-6-9(2,3)12-10/h8,11H,4-7H2,1-3H3. The third-order valence-electron chi connectivity index (χ3n) is 2.93. The Morgan fingerprint density at radius 1 is 1.25 bits per heavy atom. The van der Waals surface area contributed by atoms with Crippen LogP contribution in [0.25, 0.3) is 0 Å². The molecule has 1 spiro atoms. The minimum atomic E-state index is 0.0401. The minimum absolute atomic E-state index is 0.0401. The molecule has 1 aliphatic carbocycles. The molecule has 1 saturated carbocycles. The maximum absolute atomic E-state index is 6.11. The zero-order valence-electron chi connectivity index (χ0n) is 8.31. The van der Waals surface area contributed by atoms with E-state index >= 15 is 0 Å². The maximum Gasteiger partial charge on any atom is 0.0819 e. The Balaban J connectivity index is 2.00. The van der Waals surface area contributed by atoms with E-state index in [2.05, 4.69) is 26.1 Å². The lowest BCUT2D eigenvalue weighted by Gasteiger charge is -2.53. The van der Waals surface area contributed by atoms with Crippen LogP contribution in [0.5, 0.6) is 0 Å². The number of nitrogens with one attached hydrogen (secondary N) is 1. The Labute approximate surface area is 74.7 Å². The van der Waals surface area contributed by atoms with E-state index in [1.807, 2.05) is 0 Å². The van der Waals surface area contributed by atoms with Crippen molar-refractivity contribution in [2.75, 3.05) is 13.1 Å². The summed E-state index contributed by atoms with van der Waals surface area (Å²) in [6.45, 7) is 8.69. The van der Waals surface area contributed by atoms with Crippen molar-refractivity contribution in [3.63, 3.8) is 0 Å². The smallest absolute Gasteiger partial charge is 0.0819 e. The Morgan fingerprint density at radius 2 is 1.92 bits per heavy atom. The summed E-state index contributed by atoms with van der Waals surface area (Å²) in [5.41, 5.74) is 0.236. The molecular weight excluding hydrogens is 150 g/mol. The van der Waals surface area contributed by atoms with Crippen LogP contribution in [0.1, 0.15) is 33.6 Å². The molecule has 0 unspecified atom stereocenters. The van der Waals surface area contributed by atoms with Gasteiger partial charge in [0.25, 0.3) is 0 Å². The predicted molar refractivity (Wildman–Crippen MR) is 49.2 cm³/mol.